The molecule has 0 saturated carbocycles. The zero-order chi connectivity index (χ0) is 7.94. The van der Waals surface area contributed by atoms with E-state index in [4.69, 9.17) is 0 Å². The molecule has 0 spiro atoms. The molecule has 0 saturated heterocycles. The van der Waals surface area contributed by atoms with Gasteiger partial charge >= 0.3 is 0 Å². The van der Waals surface area contributed by atoms with E-state index in [9.17, 15) is 0 Å². The maximum absolute atomic E-state index is 4.31. The van der Waals surface area contributed by atoms with Crippen LogP contribution in [0.1, 0.15) is 19.8 Å². The molecule has 1 heterocycles. The summed E-state index contributed by atoms with van der Waals surface area (Å²) in [6.45, 7) is 6.32. The van der Waals surface area contributed by atoms with Crippen LogP contribution in [0.4, 0.5) is 0 Å². The van der Waals surface area contributed by atoms with Crippen molar-refractivity contribution in [2.24, 2.45) is 4.99 Å². The normalized spacial score (nSPS) is 16.3. The highest BCUT2D eigenvalue weighted by Crippen LogP contribution is 1.94. The fourth-order valence-electron chi connectivity index (χ4n) is 1.17. The van der Waals surface area contributed by atoms with E-state index in [0.29, 0.717) is 0 Å². The minimum atomic E-state index is 0.969. The quantitative estimate of drug-likeness (QED) is 0.563. The SMILES string of the molecule is CCNCCCC1=NCCN1. The van der Waals surface area contributed by atoms with Crippen molar-refractivity contribution in [3.63, 3.8) is 0 Å². The summed E-state index contributed by atoms with van der Waals surface area (Å²) in [6.07, 6.45) is 2.30. The Morgan fingerprint density at radius 2 is 2.55 bits per heavy atom. The highest BCUT2D eigenvalue weighted by molar-refractivity contribution is 5.83. The fourth-order valence-corrected chi connectivity index (χ4v) is 1.17. The molecule has 1 rings (SSSR count). The van der Waals surface area contributed by atoms with Gasteiger partial charge in [0.1, 0.15) is 0 Å². The average Bonchev–Trinajstić information content (AvgIpc) is 2.50. The molecule has 0 bridgehead atoms. The molecule has 0 amide bonds. The van der Waals surface area contributed by atoms with Crippen molar-refractivity contribution in [2.45, 2.75) is 19.8 Å². The second kappa shape index (κ2) is 5.13. The van der Waals surface area contributed by atoms with E-state index in [1.807, 2.05) is 0 Å². The second-order valence-electron chi connectivity index (χ2n) is 2.71. The number of hydrogen-bond acceptors (Lipinski definition) is 3. The third-order valence-electron chi connectivity index (χ3n) is 1.76. The van der Waals surface area contributed by atoms with Crippen molar-refractivity contribution in [3.8, 4) is 0 Å². The van der Waals surface area contributed by atoms with Gasteiger partial charge in [0.05, 0.1) is 12.4 Å². The minimum absolute atomic E-state index is 0.969. The highest BCUT2D eigenvalue weighted by Gasteiger charge is 2.02. The molecule has 0 fully saturated rings. The van der Waals surface area contributed by atoms with Gasteiger partial charge in [-0.25, -0.2) is 0 Å². The zero-order valence-electron chi connectivity index (χ0n) is 7.19. The Hall–Kier alpha value is -0.570. The van der Waals surface area contributed by atoms with Crippen molar-refractivity contribution in [1.29, 1.82) is 0 Å². The van der Waals surface area contributed by atoms with E-state index in [1.165, 1.54) is 12.3 Å². The number of nitrogens with zero attached hydrogens (tertiary/aromatic N) is 1. The largest absolute Gasteiger partial charge is 0.372 e. The molecule has 0 aromatic rings. The van der Waals surface area contributed by atoms with Gasteiger partial charge in [0, 0.05) is 13.0 Å². The van der Waals surface area contributed by atoms with Crippen LogP contribution in [0.2, 0.25) is 0 Å². The molecular weight excluding hydrogens is 138 g/mol. The summed E-state index contributed by atoms with van der Waals surface area (Å²) in [7, 11) is 0. The molecule has 3 heteroatoms. The third-order valence-corrected chi connectivity index (χ3v) is 1.76. The van der Waals surface area contributed by atoms with Crippen molar-refractivity contribution in [3.05, 3.63) is 0 Å². The molecule has 11 heavy (non-hydrogen) atoms. The van der Waals surface area contributed by atoms with E-state index >= 15 is 0 Å². The van der Waals surface area contributed by atoms with Crippen LogP contribution < -0.4 is 10.6 Å². The monoisotopic (exact) mass is 155 g/mol. The van der Waals surface area contributed by atoms with Crippen LogP contribution in [0.25, 0.3) is 0 Å². The maximum atomic E-state index is 4.31. The Balaban J connectivity index is 1.94. The smallest absolute Gasteiger partial charge is 0.0964 e. The number of rotatable bonds is 5. The number of nitrogens with one attached hydrogen (secondary N) is 2. The Morgan fingerprint density at radius 1 is 1.64 bits per heavy atom. The van der Waals surface area contributed by atoms with Gasteiger partial charge in [0.15, 0.2) is 0 Å². The highest BCUT2D eigenvalue weighted by atomic mass is 15.1. The summed E-state index contributed by atoms with van der Waals surface area (Å²) in [5.41, 5.74) is 0. The lowest BCUT2D eigenvalue weighted by Gasteiger charge is -2.01. The lowest BCUT2D eigenvalue weighted by atomic mass is 10.3. The van der Waals surface area contributed by atoms with Gasteiger partial charge in [0.2, 0.25) is 0 Å². The van der Waals surface area contributed by atoms with Crippen LogP contribution in [0.15, 0.2) is 4.99 Å². The van der Waals surface area contributed by atoms with Crippen LogP contribution in [-0.2, 0) is 0 Å². The van der Waals surface area contributed by atoms with Crippen molar-refractivity contribution in [1.82, 2.24) is 10.6 Å². The standard InChI is InChI=1S/C8H17N3/c1-2-9-5-3-4-8-10-6-7-11-8/h9H,2-7H2,1H3,(H,10,11). The summed E-state index contributed by atoms with van der Waals surface area (Å²) in [4.78, 5) is 4.31. The van der Waals surface area contributed by atoms with Gasteiger partial charge in [-0.2, -0.15) is 0 Å². The van der Waals surface area contributed by atoms with E-state index in [-0.39, 0.29) is 0 Å². The maximum Gasteiger partial charge on any atom is 0.0964 e. The molecule has 0 aliphatic carbocycles. The fraction of sp³-hybridized carbons (Fsp3) is 0.875. The Kier molecular flexibility index (Phi) is 3.98. The summed E-state index contributed by atoms with van der Waals surface area (Å²) in [6, 6.07) is 0. The first-order valence-corrected chi connectivity index (χ1v) is 4.41. The van der Waals surface area contributed by atoms with Gasteiger partial charge in [-0.15, -0.1) is 0 Å². The molecule has 0 radical (unpaired) electrons. The number of hydrogen-bond donors (Lipinski definition) is 2. The van der Waals surface area contributed by atoms with Gasteiger partial charge in [-0.1, -0.05) is 6.92 Å². The lowest BCUT2D eigenvalue weighted by molar-refractivity contribution is 0.683. The minimum Gasteiger partial charge on any atom is -0.372 e. The summed E-state index contributed by atoms with van der Waals surface area (Å²) < 4.78 is 0. The Morgan fingerprint density at radius 3 is 3.18 bits per heavy atom. The van der Waals surface area contributed by atoms with Crippen LogP contribution in [0.3, 0.4) is 0 Å². The van der Waals surface area contributed by atoms with Crippen LogP contribution in [-0.4, -0.2) is 32.0 Å². The van der Waals surface area contributed by atoms with Crippen LogP contribution in [0.5, 0.6) is 0 Å². The molecule has 1 aliphatic heterocycles. The van der Waals surface area contributed by atoms with Gasteiger partial charge in [0.25, 0.3) is 0 Å². The number of amidine groups is 1. The topological polar surface area (TPSA) is 36.4 Å². The summed E-state index contributed by atoms with van der Waals surface area (Å²) in [5, 5.41) is 6.55. The molecule has 0 aromatic carbocycles. The summed E-state index contributed by atoms with van der Waals surface area (Å²) in [5.74, 6) is 1.20. The van der Waals surface area contributed by atoms with E-state index in [1.54, 1.807) is 0 Å². The van der Waals surface area contributed by atoms with Gasteiger partial charge < -0.3 is 10.6 Å². The first-order valence-electron chi connectivity index (χ1n) is 4.41. The molecular formula is C8H17N3. The van der Waals surface area contributed by atoms with Crippen LogP contribution >= 0.6 is 0 Å². The average molecular weight is 155 g/mol. The van der Waals surface area contributed by atoms with Crippen LogP contribution in [0, 0.1) is 0 Å². The first-order chi connectivity index (χ1) is 5.43. The van der Waals surface area contributed by atoms with E-state index in [0.717, 1.165) is 32.6 Å². The van der Waals surface area contributed by atoms with Crippen molar-refractivity contribution < 1.29 is 0 Å². The summed E-state index contributed by atoms with van der Waals surface area (Å²) >= 11 is 0. The zero-order valence-corrected chi connectivity index (χ0v) is 7.19. The lowest BCUT2D eigenvalue weighted by Crippen LogP contribution is -2.21. The molecule has 1 aliphatic rings. The second-order valence-corrected chi connectivity index (χ2v) is 2.71. The Bertz CT molecular complexity index is 131. The van der Waals surface area contributed by atoms with Gasteiger partial charge in [-0.3, -0.25) is 4.99 Å². The Labute approximate surface area is 68.3 Å². The van der Waals surface area contributed by atoms with Gasteiger partial charge in [-0.05, 0) is 19.5 Å². The molecule has 0 unspecified atom stereocenters. The van der Waals surface area contributed by atoms with E-state index < -0.39 is 0 Å². The molecule has 0 aromatic heterocycles. The predicted molar refractivity (Wildman–Crippen MR) is 48.1 cm³/mol. The van der Waals surface area contributed by atoms with Crippen molar-refractivity contribution >= 4 is 5.84 Å². The molecule has 0 atom stereocenters. The third kappa shape index (κ3) is 3.37. The molecule has 3 nitrogen and oxygen atoms in total. The molecule has 64 valence electrons. The predicted octanol–water partition coefficient (Wildman–Crippen LogP) is 0.378. The molecule has 2 N–H and O–H groups in total. The number of aliphatic imine (C=N–C) groups is 1. The van der Waals surface area contributed by atoms with Crippen molar-refractivity contribution in [2.75, 3.05) is 26.2 Å². The first kappa shape index (κ1) is 8.53. The van der Waals surface area contributed by atoms with E-state index in [2.05, 4.69) is 22.5 Å².